The van der Waals surface area contributed by atoms with Crippen LogP contribution in [0.3, 0.4) is 0 Å². The maximum absolute atomic E-state index is 15.7. The highest BCUT2D eigenvalue weighted by Gasteiger charge is 2.62. The van der Waals surface area contributed by atoms with E-state index in [1.807, 2.05) is 129 Å². The molecule has 0 saturated carbocycles. The first kappa shape index (κ1) is 38.8. The first-order valence-electron chi connectivity index (χ1n) is 19.4. The van der Waals surface area contributed by atoms with Gasteiger partial charge in [0.05, 0.1) is 33.0 Å². The summed E-state index contributed by atoms with van der Waals surface area (Å²) in [4.78, 5) is 0. The molecule has 0 spiro atoms. The minimum atomic E-state index is -2.04. The zero-order valence-corrected chi connectivity index (χ0v) is 31.6. The Balaban J connectivity index is 1.26. The van der Waals surface area contributed by atoms with Gasteiger partial charge >= 0.3 is 0 Å². The largest absolute Gasteiger partial charge is 0.488 e. The van der Waals surface area contributed by atoms with Crippen LogP contribution in [0.4, 0.5) is 4.39 Å². The molecule has 0 aromatic heterocycles. The number of ether oxygens (including phenoxy) is 6. The van der Waals surface area contributed by atoms with Gasteiger partial charge in [-0.1, -0.05) is 123 Å². The van der Waals surface area contributed by atoms with Crippen LogP contribution in [0.25, 0.3) is 0 Å². The molecule has 5 aromatic rings. The summed E-state index contributed by atoms with van der Waals surface area (Å²) in [6.07, 6.45) is -0.290. The highest BCUT2D eigenvalue weighted by Crippen LogP contribution is 2.48. The fourth-order valence-electron chi connectivity index (χ4n) is 7.68. The summed E-state index contributed by atoms with van der Waals surface area (Å²) >= 11 is 0. The Morgan fingerprint density at radius 1 is 0.673 bits per heavy atom. The molecule has 55 heavy (non-hydrogen) atoms. The summed E-state index contributed by atoms with van der Waals surface area (Å²) in [6, 6.07) is 42.1. The molecular weight excluding hydrogens is 696 g/mol. The van der Waals surface area contributed by atoms with Crippen LogP contribution in [0.1, 0.15) is 66.5 Å². The fraction of sp³-hybridized carbons (Fsp3) is 0.362. The van der Waals surface area contributed by atoms with Crippen LogP contribution in [0.2, 0.25) is 0 Å². The molecule has 5 atom stereocenters. The van der Waals surface area contributed by atoms with E-state index >= 15 is 4.39 Å². The Labute approximate surface area is 323 Å². The number of rotatable bonds is 16. The van der Waals surface area contributed by atoms with Crippen LogP contribution in [0.15, 0.2) is 133 Å². The van der Waals surface area contributed by atoms with E-state index in [-0.39, 0.29) is 25.1 Å². The average Bonchev–Trinajstić information content (AvgIpc) is 3.74. The van der Waals surface area contributed by atoms with Gasteiger partial charge in [0.2, 0.25) is 5.79 Å². The van der Waals surface area contributed by atoms with E-state index < -0.39 is 29.7 Å². The summed E-state index contributed by atoms with van der Waals surface area (Å²) in [7, 11) is 0. The van der Waals surface area contributed by atoms with E-state index in [4.69, 9.17) is 28.4 Å². The van der Waals surface area contributed by atoms with Crippen LogP contribution in [-0.2, 0) is 55.7 Å². The molecule has 8 heteroatoms. The first-order valence-corrected chi connectivity index (χ1v) is 19.4. The van der Waals surface area contributed by atoms with Gasteiger partial charge in [-0.25, -0.2) is 4.39 Å². The lowest BCUT2D eigenvalue weighted by Gasteiger charge is -2.56. The zero-order valence-electron chi connectivity index (χ0n) is 31.6. The van der Waals surface area contributed by atoms with Gasteiger partial charge in [0.25, 0.3) is 0 Å². The van der Waals surface area contributed by atoms with Crippen molar-refractivity contribution >= 4 is 0 Å². The topological polar surface area (TPSA) is 75.6 Å². The molecule has 5 unspecified atom stereocenters. The zero-order chi connectivity index (χ0) is 38.1. The van der Waals surface area contributed by atoms with E-state index in [2.05, 4.69) is 0 Å². The van der Waals surface area contributed by atoms with Crippen molar-refractivity contribution < 1.29 is 37.9 Å². The third-order valence-electron chi connectivity index (χ3n) is 10.9. The van der Waals surface area contributed by atoms with Crippen LogP contribution in [-0.4, -0.2) is 48.3 Å². The van der Waals surface area contributed by atoms with Gasteiger partial charge in [0, 0.05) is 18.4 Å². The Hall–Kier alpha value is -4.41. The van der Waals surface area contributed by atoms with Gasteiger partial charge in [-0.05, 0) is 64.9 Å². The van der Waals surface area contributed by atoms with E-state index in [0.29, 0.717) is 50.2 Å². The molecule has 2 aliphatic heterocycles. The standard InChI is InChI=1S/C47H51FO7/c1-3-46(4-2)44(52-31-36-16-10-6-11-17-36)43(51-30-35-14-8-5-9-15-35)45(53-32-37-18-12-7-13-19-37)47(49,55-46)39-22-25-42(48)38(29-39)28-34-20-23-40(24-21-34)54-41-26-27-50-33-41/h5-25,29,41,43-45,49H,3-4,26-28,30-33H2,1-2H3. The maximum Gasteiger partial charge on any atom is 0.223 e. The lowest BCUT2D eigenvalue weighted by molar-refractivity contribution is -0.404. The quantitative estimate of drug-likeness (QED) is 0.108. The Morgan fingerprint density at radius 3 is 1.78 bits per heavy atom. The van der Waals surface area contributed by atoms with E-state index in [1.165, 1.54) is 6.07 Å². The fourth-order valence-corrected chi connectivity index (χ4v) is 7.68. The summed E-state index contributed by atoms with van der Waals surface area (Å²) in [5.41, 5.74) is 3.59. The number of aliphatic hydroxyl groups is 1. The molecule has 7 nitrogen and oxygen atoms in total. The predicted octanol–water partition coefficient (Wildman–Crippen LogP) is 9.07. The Kier molecular flexibility index (Phi) is 12.7. The molecule has 2 heterocycles. The third-order valence-corrected chi connectivity index (χ3v) is 10.9. The molecule has 7 rings (SSSR count). The monoisotopic (exact) mass is 746 g/mol. The molecule has 288 valence electrons. The molecular formula is C47H51FO7. The molecule has 1 N–H and O–H groups in total. The first-order chi connectivity index (χ1) is 26.9. The van der Waals surface area contributed by atoms with Gasteiger partial charge in [0.1, 0.15) is 41.6 Å². The molecule has 0 radical (unpaired) electrons. The van der Waals surface area contributed by atoms with E-state index in [0.717, 1.165) is 34.4 Å². The van der Waals surface area contributed by atoms with Crippen LogP contribution < -0.4 is 4.74 Å². The van der Waals surface area contributed by atoms with Crippen molar-refractivity contribution in [3.8, 4) is 5.75 Å². The average molecular weight is 747 g/mol. The van der Waals surface area contributed by atoms with Crippen molar-refractivity contribution in [1.29, 1.82) is 0 Å². The smallest absolute Gasteiger partial charge is 0.223 e. The number of hydrogen-bond donors (Lipinski definition) is 1. The summed E-state index contributed by atoms with van der Waals surface area (Å²) in [5, 5.41) is 13.2. The molecule has 0 amide bonds. The van der Waals surface area contributed by atoms with Gasteiger partial charge in [-0.15, -0.1) is 0 Å². The SMILES string of the molecule is CCC1(CC)OC(O)(c2ccc(F)c(Cc3ccc(OC4CCOC4)cc3)c2)C(OCc2ccccc2)C(OCc2ccccc2)C1OCc1ccccc1. The third kappa shape index (κ3) is 9.18. The van der Waals surface area contributed by atoms with E-state index in [9.17, 15) is 5.11 Å². The van der Waals surface area contributed by atoms with Gasteiger partial charge in [0.15, 0.2) is 0 Å². The Bertz CT molecular complexity index is 1910. The Morgan fingerprint density at radius 2 is 1.24 bits per heavy atom. The van der Waals surface area contributed by atoms with Crippen molar-refractivity contribution in [2.24, 2.45) is 0 Å². The van der Waals surface area contributed by atoms with Crippen molar-refractivity contribution in [3.63, 3.8) is 0 Å². The van der Waals surface area contributed by atoms with Gasteiger partial charge < -0.3 is 33.5 Å². The summed E-state index contributed by atoms with van der Waals surface area (Å²) in [6.45, 7) is 6.08. The van der Waals surface area contributed by atoms with E-state index in [1.54, 1.807) is 12.1 Å². The van der Waals surface area contributed by atoms with Gasteiger partial charge in [-0.2, -0.15) is 0 Å². The van der Waals surface area contributed by atoms with Crippen LogP contribution >= 0.6 is 0 Å². The van der Waals surface area contributed by atoms with Crippen LogP contribution in [0.5, 0.6) is 5.75 Å². The van der Waals surface area contributed by atoms with Crippen molar-refractivity contribution in [1.82, 2.24) is 0 Å². The molecule has 2 aliphatic rings. The second-order valence-corrected chi connectivity index (χ2v) is 14.5. The minimum Gasteiger partial charge on any atom is -0.488 e. The highest BCUT2D eigenvalue weighted by molar-refractivity contribution is 5.36. The maximum atomic E-state index is 15.7. The highest BCUT2D eigenvalue weighted by atomic mass is 19.1. The summed E-state index contributed by atoms with van der Waals surface area (Å²) < 4.78 is 54.7. The van der Waals surface area contributed by atoms with Crippen molar-refractivity contribution in [2.45, 2.75) is 95.2 Å². The van der Waals surface area contributed by atoms with Gasteiger partial charge in [-0.3, -0.25) is 0 Å². The predicted molar refractivity (Wildman–Crippen MR) is 209 cm³/mol. The molecule has 0 bridgehead atoms. The molecule has 5 aromatic carbocycles. The normalized spacial score (nSPS) is 23.4. The summed E-state index contributed by atoms with van der Waals surface area (Å²) in [5.74, 6) is -1.68. The molecule has 0 aliphatic carbocycles. The van der Waals surface area contributed by atoms with Crippen LogP contribution in [0, 0.1) is 5.82 Å². The number of benzene rings is 5. The van der Waals surface area contributed by atoms with Crippen molar-refractivity contribution in [3.05, 3.63) is 173 Å². The second kappa shape index (κ2) is 18.0. The number of halogens is 1. The lowest BCUT2D eigenvalue weighted by atomic mass is 9.77. The van der Waals surface area contributed by atoms with Crippen molar-refractivity contribution in [2.75, 3.05) is 13.2 Å². The second-order valence-electron chi connectivity index (χ2n) is 14.5. The minimum absolute atomic E-state index is 0.0375. The molecule has 2 saturated heterocycles. The number of hydrogen-bond acceptors (Lipinski definition) is 7. The lowest BCUT2D eigenvalue weighted by Crippen LogP contribution is -2.69. The molecule has 2 fully saturated rings.